The zero-order valence-electron chi connectivity index (χ0n) is 14.1. The Bertz CT molecular complexity index is 1010. The monoisotopic (exact) mass is 407 g/mol. The molecule has 0 aliphatic rings. The van der Waals surface area contributed by atoms with Gasteiger partial charge in [0, 0.05) is 17.1 Å². The predicted molar refractivity (Wildman–Crippen MR) is 102 cm³/mol. The zero-order chi connectivity index (χ0) is 18.5. The van der Waals surface area contributed by atoms with Gasteiger partial charge < -0.3 is 10.2 Å². The summed E-state index contributed by atoms with van der Waals surface area (Å²) in [5.41, 5.74) is 0.719. The molecular formula is C22H16CuO4. The molecule has 0 unspecified atom stereocenters. The fraction of sp³-hybridized carbons (Fsp3) is 0. The normalized spacial score (nSPS) is 9.78. The third-order valence-corrected chi connectivity index (χ3v) is 4.04. The third kappa shape index (κ3) is 4.53. The van der Waals surface area contributed by atoms with Gasteiger partial charge in [0.15, 0.2) is 0 Å². The predicted octanol–water partition coefficient (Wildman–Crippen LogP) is 5.07. The van der Waals surface area contributed by atoms with Crippen molar-refractivity contribution < 1.29 is 36.9 Å². The van der Waals surface area contributed by atoms with E-state index in [9.17, 15) is 9.59 Å². The summed E-state index contributed by atoms with van der Waals surface area (Å²) >= 11 is 0. The molecule has 27 heavy (non-hydrogen) atoms. The summed E-state index contributed by atoms with van der Waals surface area (Å²) in [7, 11) is 0. The van der Waals surface area contributed by atoms with Gasteiger partial charge in [-0.3, -0.25) is 0 Å². The molecule has 0 heterocycles. The van der Waals surface area contributed by atoms with Gasteiger partial charge in [-0.1, -0.05) is 72.8 Å². The Hall–Kier alpha value is -3.14. The van der Waals surface area contributed by atoms with E-state index in [0.717, 1.165) is 21.5 Å². The van der Waals surface area contributed by atoms with Gasteiger partial charge in [-0.05, 0) is 33.7 Å². The minimum atomic E-state index is -0.878. The van der Waals surface area contributed by atoms with Gasteiger partial charge in [0.2, 0.25) is 0 Å². The minimum Gasteiger partial charge on any atom is -0.478 e. The van der Waals surface area contributed by atoms with Gasteiger partial charge in [0.25, 0.3) is 0 Å². The second kappa shape index (κ2) is 8.99. The number of benzene rings is 4. The second-order valence-electron chi connectivity index (χ2n) is 5.66. The van der Waals surface area contributed by atoms with Crippen LogP contribution in [0.15, 0.2) is 84.9 Å². The van der Waals surface area contributed by atoms with Crippen LogP contribution in [-0.4, -0.2) is 22.2 Å². The summed E-state index contributed by atoms with van der Waals surface area (Å²) in [6.07, 6.45) is 0. The average Bonchev–Trinajstić information content (AvgIpc) is 2.67. The number of rotatable bonds is 2. The number of carboxylic acid groups (broad SMARTS) is 2. The van der Waals surface area contributed by atoms with E-state index in [-0.39, 0.29) is 17.1 Å². The standard InChI is InChI=1S/2C11H8O2.Cu/c2*12-11(13)10-7-3-5-8-4-1-2-6-9(8)10;/h2*1-7H,(H,12,13);. The molecule has 4 aromatic rings. The van der Waals surface area contributed by atoms with Crippen LogP contribution in [0.2, 0.25) is 0 Å². The van der Waals surface area contributed by atoms with E-state index in [1.807, 2.05) is 60.7 Å². The number of carbonyl (C=O) groups is 2. The SMILES string of the molecule is O=C(O)c1cccc2ccccc12.O=C(O)c1cccc2ccccc12.[Cu]. The third-order valence-electron chi connectivity index (χ3n) is 4.04. The molecule has 0 atom stereocenters. The van der Waals surface area contributed by atoms with Crippen molar-refractivity contribution in [3.63, 3.8) is 0 Å². The van der Waals surface area contributed by atoms with Crippen molar-refractivity contribution in [2.24, 2.45) is 0 Å². The van der Waals surface area contributed by atoms with E-state index in [1.54, 1.807) is 24.3 Å². The number of aromatic carboxylic acids is 2. The van der Waals surface area contributed by atoms with E-state index < -0.39 is 11.9 Å². The first kappa shape index (κ1) is 20.2. The molecule has 2 N–H and O–H groups in total. The molecule has 0 amide bonds. The smallest absolute Gasteiger partial charge is 0.336 e. The summed E-state index contributed by atoms with van der Waals surface area (Å²) < 4.78 is 0. The van der Waals surface area contributed by atoms with E-state index in [4.69, 9.17) is 10.2 Å². The molecule has 0 aliphatic carbocycles. The first-order valence-electron chi connectivity index (χ1n) is 8.00. The van der Waals surface area contributed by atoms with Crippen molar-refractivity contribution in [3.05, 3.63) is 96.1 Å². The molecule has 0 saturated carbocycles. The number of hydrogen-bond donors (Lipinski definition) is 2. The maximum absolute atomic E-state index is 10.8. The van der Waals surface area contributed by atoms with Crippen molar-refractivity contribution in [1.82, 2.24) is 0 Å². The molecule has 0 aromatic heterocycles. The second-order valence-corrected chi connectivity index (χ2v) is 5.66. The van der Waals surface area contributed by atoms with E-state index >= 15 is 0 Å². The van der Waals surface area contributed by atoms with Crippen LogP contribution in [0.1, 0.15) is 20.7 Å². The molecule has 4 nitrogen and oxygen atoms in total. The Morgan fingerprint density at radius 1 is 0.519 bits per heavy atom. The van der Waals surface area contributed by atoms with Crippen LogP contribution in [-0.2, 0) is 17.1 Å². The molecule has 0 fully saturated rings. The molecule has 0 aliphatic heterocycles. The maximum Gasteiger partial charge on any atom is 0.336 e. The minimum absolute atomic E-state index is 0. The number of carboxylic acids is 2. The van der Waals surface area contributed by atoms with Gasteiger partial charge >= 0.3 is 11.9 Å². The molecule has 4 aromatic carbocycles. The molecule has 4 rings (SSSR count). The van der Waals surface area contributed by atoms with Crippen LogP contribution in [0.5, 0.6) is 0 Å². The van der Waals surface area contributed by atoms with Crippen molar-refractivity contribution in [1.29, 1.82) is 0 Å². The van der Waals surface area contributed by atoms with Crippen LogP contribution in [0.3, 0.4) is 0 Å². The Balaban J connectivity index is 0.000000187. The van der Waals surface area contributed by atoms with Crippen molar-refractivity contribution in [3.8, 4) is 0 Å². The molecule has 1 radical (unpaired) electrons. The fourth-order valence-electron chi connectivity index (χ4n) is 2.82. The number of fused-ring (bicyclic) bond motifs is 2. The summed E-state index contributed by atoms with van der Waals surface area (Å²) in [6, 6.07) is 25.5. The largest absolute Gasteiger partial charge is 0.478 e. The zero-order valence-corrected chi connectivity index (χ0v) is 15.0. The molecular weight excluding hydrogens is 392 g/mol. The average molecular weight is 408 g/mol. The number of hydrogen-bond acceptors (Lipinski definition) is 2. The van der Waals surface area contributed by atoms with E-state index in [1.165, 1.54) is 0 Å². The van der Waals surface area contributed by atoms with Crippen LogP contribution in [0.25, 0.3) is 21.5 Å². The Morgan fingerprint density at radius 3 is 1.22 bits per heavy atom. The van der Waals surface area contributed by atoms with Gasteiger partial charge in [0.1, 0.15) is 0 Å². The molecule has 0 bridgehead atoms. The van der Waals surface area contributed by atoms with Crippen LogP contribution < -0.4 is 0 Å². The summed E-state index contributed by atoms with van der Waals surface area (Å²) in [5, 5.41) is 21.3. The quantitative estimate of drug-likeness (QED) is 0.455. The molecule has 0 saturated heterocycles. The molecule has 139 valence electrons. The summed E-state index contributed by atoms with van der Waals surface area (Å²) in [5.74, 6) is -1.76. The van der Waals surface area contributed by atoms with Crippen molar-refractivity contribution in [2.75, 3.05) is 0 Å². The van der Waals surface area contributed by atoms with Crippen molar-refractivity contribution >= 4 is 33.5 Å². The fourth-order valence-corrected chi connectivity index (χ4v) is 2.82. The van der Waals surface area contributed by atoms with E-state index in [0.29, 0.717) is 11.1 Å². The van der Waals surface area contributed by atoms with Crippen LogP contribution in [0, 0.1) is 0 Å². The Labute approximate surface area is 166 Å². The first-order valence-corrected chi connectivity index (χ1v) is 8.00. The Kier molecular flexibility index (Phi) is 6.72. The van der Waals surface area contributed by atoms with E-state index in [2.05, 4.69) is 0 Å². The van der Waals surface area contributed by atoms with Crippen LogP contribution in [0.4, 0.5) is 0 Å². The van der Waals surface area contributed by atoms with Gasteiger partial charge in [-0.2, -0.15) is 0 Å². The molecule has 0 spiro atoms. The summed E-state index contributed by atoms with van der Waals surface area (Å²) in [6.45, 7) is 0. The molecule has 5 heteroatoms. The topological polar surface area (TPSA) is 74.6 Å². The van der Waals surface area contributed by atoms with Gasteiger partial charge in [-0.15, -0.1) is 0 Å². The first-order chi connectivity index (χ1) is 12.6. The van der Waals surface area contributed by atoms with Crippen LogP contribution >= 0.6 is 0 Å². The van der Waals surface area contributed by atoms with Gasteiger partial charge in [0.05, 0.1) is 11.1 Å². The van der Waals surface area contributed by atoms with Gasteiger partial charge in [-0.25, -0.2) is 9.59 Å². The van der Waals surface area contributed by atoms with Crippen molar-refractivity contribution in [2.45, 2.75) is 0 Å². The summed E-state index contributed by atoms with van der Waals surface area (Å²) in [4.78, 5) is 21.6. The maximum atomic E-state index is 10.8. The Morgan fingerprint density at radius 2 is 0.852 bits per heavy atom.